The molecule has 0 unspecified atom stereocenters. The molecule has 1 aliphatic rings. The maximum Gasteiger partial charge on any atom is 0.204 e. The molecule has 1 saturated heterocycles. The van der Waals surface area contributed by atoms with Crippen molar-refractivity contribution in [2.45, 2.75) is 0 Å². The maximum atomic E-state index is 8.63. The van der Waals surface area contributed by atoms with E-state index in [9.17, 15) is 0 Å². The fourth-order valence-corrected chi connectivity index (χ4v) is 1.03. The number of aromatic hydroxyl groups is 1. The summed E-state index contributed by atoms with van der Waals surface area (Å²) in [5, 5.41) is 15.1. The second kappa shape index (κ2) is 11.5. The Morgan fingerprint density at radius 1 is 1.06 bits per heavy atom. The number of phenolic OH excluding ortho intramolecular Hbond substituents is 1. The number of amides is 1. The predicted molar refractivity (Wildman–Crippen MR) is 64.1 cm³/mol. The molecule has 2 rings (SSSR count). The van der Waals surface area contributed by atoms with Crippen LogP contribution >= 0.6 is 0 Å². The Morgan fingerprint density at radius 3 is 1.62 bits per heavy atom. The summed E-state index contributed by atoms with van der Waals surface area (Å²) in [6.07, 6.45) is 0.250. The number of para-hydroxylation sites is 1. The summed E-state index contributed by atoms with van der Waals surface area (Å²) in [6, 6.07) is 8.71. The third-order valence-corrected chi connectivity index (χ3v) is 1.71. The lowest BCUT2D eigenvalue weighted by Crippen LogP contribution is -2.39. The molecule has 1 aliphatic heterocycles. The SMILES string of the molecule is C1CNCCN1.NC=O.Oc1ccccc1. The minimum absolute atomic E-state index is 0.250. The van der Waals surface area contributed by atoms with Gasteiger partial charge < -0.3 is 21.5 Å². The Morgan fingerprint density at radius 2 is 1.44 bits per heavy atom. The molecular formula is C11H19N3O2. The van der Waals surface area contributed by atoms with Crippen molar-refractivity contribution in [3.05, 3.63) is 30.3 Å². The Hall–Kier alpha value is -1.59. The largest absolute Gasteiger partial charge is 0.508 e. The molecule has 16 heavy (non-hydrogen) atoms. The fraction of sp³-hybridized carbons (Fsp3) is 0.364. The van der Waals surface area contributed by atoms with Crippen LogP contribution in [-0.2, 0) is 4.79 Å². The first-order valence-electron chi connectivity index (χ1n) is 5.12. The van der Waals surface area contributed by atoms with Gasteiger partial charge in [-0.15, -0.1) is 0 Å². The number of nitrogens with two attached hydrogens (primary N) is 1. The number of carbonyl (C=O) groups is 1. The second-order valence-corrected chi connectivity index (χ2v) is 2.97. The van der Waals surface area contributed by atoms with E-state index in [0.717, 1.165) is 26.2 Å². The van der Waals surface area contributed by atoms with Crippen molar-refractivity contribution in [3.8, 4) is 5.75 Å². The van der Waals surface area contributed by atoms with Crippen LogP contribution in [0.1, 0.15) is 0 Å². The molecule has 0 aliphatic carbocycles. The van der Waals surface area contributed by atoms with Gasteiger partial charge in [0.1, 0.15) is 5.75 Å². The van der Waals surface area contributed by atoms with Crippen LogP contribution in [0.15, 0.2) is 30.3 Å². The summed E-state index contributed by atoms with van der Waals surface area (Å²) >= 11 is 0. The van der Waals surface area contributed by atoms with E-state index in [1.54, 1.807) is 24.3 Å². The molecule has 5 heteroatoms. The van der Waals surface area contributed by atoms with Crippen LogP contribution in [0.5, 0.6) is 5.75 Å². The van der Waals surface area contributed by atoms with E-state index in [1.165, 1.54) is 0 Å². The number of primary amides is 1. The predicted octanol–water partition coefficient (Wildman–Crippen LogP) is -0.327. The Labute approximate surface area is 95.7 Å². The van der Waals surface area contributed by atoms with E-state index in [2.05, 4.69) is 16.4 Å². The zero-order chi connectivity index (χ0) is 12.1. The Kier molecular flexibility index (Phi) is 10.3. The van der Waals surface area contributed by atoms with Crippen molar-refractivity contribution in [2.24, 2.45) is 5.73 Å². The topological polar surface area (TPSA) is 87.4 Å². The highest BCUT2D eigenvalue weighted by molar-refractivity contribution is 5.42. The number of benzene rings is 1. The van der Waals surface area contributed by atoms with Gasteiger partial charge in [-0.25, -0.2) is 0 Å². The number of nitrogens with one attached hydrogen (secondary N) is 2. The van der Waals surface area contributed by atoms with Gasteiger partial charge in [0.2, 0.25) is 6.41 Å². The van der Waals surface area contributed by atoms with E-state index in [4.69, 9.17) is 9.90 Å². The van der Waals surface area contributed by atoms with Gasteiger partial charge in [0, 0.05) is 26.2 Å². The quantitative estimate of drug-likeness (QED) is 0.455. The van der Waals surface area contributed by atoms with Crippen LogP contribution < -0.4 is 16.4 Å². The van der Waals surface area contributed by atoms with Crippen molar-refractivity contribution in [3.63, 3.8) is 0 Å². The number of hydrogen-bond acceptors (Lipinski definition) is 4. The van der Waals surface area contributed by atoms with E-state index in [-0.39, 0.29) is 6.41 Å². The lowest BCUT2D eigenvalue weighted by molar-refractivity contribution is -0.106. The van der Waals surface area contributed by atoms with Gasteiger partial charge in [-0.2, -0.15) is 0 Å². The molecule has 0 atom stereocenters. The number of phenols is 1. The highest BCUT2D eigenvalue weighted by Gasteiger charge is 1.91. The first kappa shape index (κ1) is 14.4. The van der Waals surface area contributed by atoms with Crippen molar-refractivity contribution in [2.75, 3.05) is 26.2 Å². The Bertz CT molecular complexity index is 239. The van der Waals surface area contributed by atoms with Crippen LogP contribution in [0.2, 0.25) is 0 Å². The molecule has 1 amide bonds. The molecular weight excluding hydrogens is 206 g/mol. The lowest BCUT2D eigenvalue weighted by Gasteiger charge is -2.11. The average Bonchev–Trinajstić information content (AvgIpc) is 2.34. The third-order valence-electron chi connectivity index (χ3n) is 1.71. The van der Waals surface area contributed by atoms with Crippen LogP contribution in [-0.4, -0.2) is 37.7 Å². The van der Waals surface area contributed by atoms with Crippen molar-refractivity contribution < 1.29 is 9.90 Å². The zero-order valence-electron chi connectivity index (χ0n) is 9.23. The molecule has 1 aromatic rings. The molecule has 0 bridgehead atoms. The number of rotatable bonds is 0. The smallest absolute Gasteiger partial charge is 0.204 e. The molecule has 1 heterocycles. The number of hydrogen-bond donors (Lipinski definition) is 4. The van der Waals surface area contributed by atoms with E-state index >= 15 is 0 Å². The van der Waals surface area contributed by atoms with E-state index < -0.39 is 0 Å². The minimum Gasteiger partial charge on any atom is -0.508 e. The number of carbonyl (C=O) groups excluding carboxylic acids is 1. The summed E-state index contributed by atoms with van der Waals surface area (Å²) in [5.41, 5.74) is 4.17. The summed E-state index contributed by atoms with van der Waals surface area (Å²) in [4.78, 5) is 8.58. The first-order valence-corrected chi connectivity index (χ1v) is 5.12. The summed E-state index contributed by atoms with van der Waals surface area (Å²) in [6.45, 7) is 4.56. The molecule has 5 nitrogen and oxygen atoms in total. The monoisotopic (exact) mass is 225 g/mol. The maximum absolute atomic E-state index is 8.63. The van der Waals surface area contributed by atoms with Gasteiger partial charge in [0.25, 0.3) is 0 Å². The molecule has 0 radical (unpaired) electrons. The molecule has 5 N–H and O–H groups in total. The molecule has 0 aromatic heterocycles. The van der Waals surface area contributed by atoms with Crippen molar-refractivity contribution in [1.29, 1.82) is 0 Å². The summed E-state index contributed by atoms with van der Waals surface area (Å²) in [7, 11) is 0. The Balaban J connectivity index is 0.000000230. The van der Waals surface area contributed by atoms with Gasteiger partial charge in [0.15, 0.2) is 0 Å². The second-order valence-electron chi connectivity index (χ2n) is 2.97. The molecule has 90 valence electrons. The summed E-state index contributed by atoms with van der Waals surface area (Å²) in [5.74, 6) is 0.322. The van der Waals surface area contributed by atoms with Gasteiger partial charge in [-0.3, -0.25) is 4.79 Å². The minimum atomic E-state index is 0.250. The molecule has 0 spiro atoms. The standard InChI is InChI=1S/C6H6O.C4H10N2.CH3NO/c7-6-4-2-1-3-5-6;1-2-6-4-3-5-1;2-1-3/h1-5,7H;5-6H,1-4H2;1H,(H2,2,3). The number of piperazine rings is 1. The highest BCUT2D eigenvalue weighted by atomic mass is 16.3. The third kappa shape index (κ3) is 10.5. The van der Waals surface area contributed by atoms with Crippen LogP contribution in [0.25, 0.3) is 0 Å². The average molecular weight is 225 g/mol. The van der Waals surface area contributed by atoms with Crippen LogP contribution in [0.3, 0.4) is 0 Å². The van der Waals surface area contributed by atoms with Crippen molar-refractivity contribution in [1.82, 2.24) is 10.6 Å². The zero-order valence-corrected chi connectivity index (χ0v) is 9.23. The van der Waals surface area contributed by atoms with Gasteiger partial charge in [0.05, 0.1) is 0 Å². The van der Waals surface area contributed by atoms with Crippen molar-refractivity contribution >= 4 is 6.41 Å². The van der Waals surface area contributed by atoms with E-state index in [0.29, 0.717) is 5.75 Å². The summed E-state index contributed by atoms with van der Waals surface area (Å²) < 4.78 is 0. The van der Waals surface area contributed by atoms with Crippen LogP contribution in [0, 0.1) is 0 Å². The van der Waals surface area contributed by atoms with Gasteiger partial charge >= 0.3 is 0 Å². The van der Waals surface area contributed by atoms with Gasteiger partial charge in [-0.1, -0.05) is 18.2 Å². The van der Waals surface area contributed by atoms with E-state index in [1.807, 2.05) is 6.07 Å². The normalized spacial score (nSPS) is 13.5. The first-order chi connectivity index (χ1) is 7.81. The molecule has 0 saturated carbocycles. The fourth-order valence-electron chi connectivity index (χ4n) is 1.03. The molecule has 1 aromatic carbocycles. The lowest BCUT2D eigenvalue weighted by atomic mass is 10.3. The highest BCUT2D eigenvalue weighted by Crippen LogP contribution is 2.02. The molecule has 1 fully saturated rings. The van der Waals surface area contributed by atoms with Crippen LogP contribution in [0.4, 0.5) is 0 Å². The van der Waals surface area contributed by atoms with Gasteiger partial charge in [-0.05, 0) is 12.1 Å².